The molecule has 0 saturated carbocycles. The van der Waals surface area contributed by atoms with Crippen molar-refractivity contribution in [2.75, 3.05) is 5.73 Å². The second-order valence-electron chi connectivity index (χ2n) is 4.73. The molecule has 0 aliphatic heterocycles. The molecule has 0 aliphatic carbocycles. The molecule has 0 bridgehead atoms. The summed E-state index contributed by atoms with van der Waals surface area (Å²) in [5.74, 6) is -0.0911. The van der Waals surface area contributed by atoms with Crippen LogP contribution in [-0.2, 0) is 5.54 Å². The predicted molar refractivity (Wildman–Crippen MR) is 68.7 cm³/mol. The minimum absolute atomic E-state index is 0.0885. The van der Waals surface area contributed by atoms with Gasteiger partial charge in [0.2, 0.25) is 5.95 Å². The molecule has 0 spiro atoms. The minimum atomic E-state index is -0.474. The third-order valence-corrected chi connectivity index (χ3v) is 3.48. The van der Waals surface area contributed by atoms with Crippen molar-refractivity contribution >= 4 is 28.6 Å². The van der Waals surface area contributed by atoms with Gasteiger partial charge in [-0.2, -0.15) is 0 Å². The van der Waals surface area contributed by atoms with E-state index in [2.05, 4.69) is 25.8 Å². The standard InChI is InChI=1S/C12H15ClFN3/c1-4-12(2,3)17-10-5-7(13)8(14)6-9(10)16-11(17)15/h5-6H,4H2,1-3H3,(H2,15,16). The molecule has 1 aromatic heterocycles. The van der Waals surface area contributed by atoms with Gasteiger partial charge in [-0.15, -0.1) is 0 Å². The van der Waals surface area contributed by atoms with Gasteiger partial charge in [-0.05, 0) is 26.3 Å². The maximum Gasteiger partial charge on any atom is 0.201 e. The number of hydrogen-bond acceptors (Lipinski definition) is 2. The number of imidazole rings is 1. The van der Waals surface area contributed by atoms with Crippen LogP contribution >= 0.6 is 11.6 Å². The SMILES string of the molecule is CCC(C)(C)n1c(N)nc2cc(F)c(Cl)cc21. The molecule has 17 heavy (non-hydrogen) atoms. The molecular formula is C12H15ClFN3. The number of fused-ring (bicyclic) bond motifs is 1. The Balaban J connectivity index is 2.80. The summed E-state index contributed by atoms with van der Waals surface area (Å²) in [6.45, 7) is 6.18. The molecule has 92 valence electrons. The fourth-order valence-corrected chi connectivity index (χ4v) is 2.04. The number of nitrogens with two attached hydrogens (primary N) is 1. The number of anilines is 1. The third-order valence-electron chi connectivity index (χ3n) is 3.19. The van der Waals surface area contributed by atoms with Crippen molar-refractivity contribution < 1.29 is 4.39 Å². The average molecular weight is 256 g/mol. The molecule has 2 aromatic rings. The number of nitrogen functional groups attached to an aromatic ring is 1. The van der Waals surface area contributed by atoms with E-state index in [0.29, 0.717) is 11.5 Å². The van der Waals surface area contributed by atoms with Crippen molar-refractivity contribution in [2.45, 2.75) is 32.7 Å². The Kier molecular flexibility index (Phi) is 2.78. The monoisotopic (exact) mass is 255 g/mol. The third kappa shape index (κ3) is 1.86. The quantitative estimate of drug-likeness (QED) is 0.892. The highest BCUT2D eigenvalue weighted by Gasteiger charge is 2.24. The molecule has 2 rings (SSSR count). The highest BCUT2D eigenvalue weighted by Crippen LogP contribution is 2.31. The van der Waals surface area contributed by atoms with Gasteiger partial charge in [0.1, 0.15) is 5.82 Å². The number of nitrogens with zero attached hydrogens (tertiary/aromatic N) is 2. The fourth-order valence-electron chi connectivity index (χ4n) is 1.89. The van der Waals surface area contributed by atoms with E-state index in [1.807, 2.05) is 4.57 Å². The van der Waals surface area contributed by atoms with Crippen LogP contribution < -0.4 is 5.73 Å². The number of rotatable bonds is 2. The van der Waals surface area contributed by atoms with Crippen LogP contribution in [0.3, 0.4) is 0 Å². The average Bonchev–Trinajstić information content (AvgIpc) is 2.55. The molecule has 0 fully saturated rings. The van der Waals surface area contributed by atoms with Crippen molar-refractivity contribution in [1.29, 1.82) is 0 Å². The van der Waals surface area contributed by atoms with E-state index in [-0.39, 0.29) is 10.6 Å². The summed E-state index contributed by atoms with van der Waals surface area (Å²) in [5.41, 5.74) is 7.02. The second-order valence-corrected chi connectivity index (χ2v) is 5.13. The maximum absolute atomic E-state index is 13.3. The van der Waals surface area contributed by atoms with Crippen molar-refractivity contribution in [3.8, 4) is 0 Å². The van der Waals surface area contributed by atoms with E-state index >= 15 is 0 Å². The lowest BCUT2D eigenvalue weighted by atomic mass is 10.0. The van der Waals surface area contributed by atoms with Crippen molar-refractivity contribution in [1.82, 2.24) is 9.55 Å². The Morgan fingerprint density at radius 3 is 2.71 bits per heavy atom. The van der Waals surface area contributed by atoms with Gasteiger partial charge in [-0.3, -0.25) is 0 Å². The van der Waals surface area contributed by atoms with E-state index in [4.69, 9.17) is 17.3 Å². The molecule has 0 aliphatic rings. The van der Waals surface area contributed by atoms with Crippen molar-refractivity contribution in [3.63, 3.8) is 0 Å². The highest BCUT2D eigenvalue weighted by molar-refractivity contribution is 6.31. The first-order chi connectivity index (χ1) is 7.86. The molecule has 1 heterocycles. The zero-order chi connectivity index (χ0) is 12.8. The summed E-state index contributed by atoms with van der Waals surface area (Å²) in [6.07, 6.45) is 0.887. The van der Waals surface area contributed by atoms with Crippen LogP contribution in [-0.4, -0.2) is 9.55 Å². The number of halogens is 2. The van der Waals surface area contributed by atoms with Crippen LogP contribution in [0.1, 0.15) is 27.2 Å². The van der Waals surface area contributed by atoms with E-state index in [1.54, 1.807) is 6.07 Å². The topological polar surface area (TPSA) is 43.8 Å². The van der Waals surface area contributed by atoms with Gasteiger partial charge in [-0.1, -0.05) is 18.5 Å². The number of hydrogen-bond donors (Lipinski definition) is 1. The zero-order valence-corrected chi connectivity index (χ0v) is 10.8. The summed E-state index contributed by atoms with van der Waals surface area (Å²) >= 11 is 5.81. The molecule has 0 amide bonds. The fraction of sp³-hybridized carbons (Fsp3) is 0.417. The van der Waals surface area contributed by atoms with Crippen LogP contribution in [0.5, 0.6) is 0 Å². The molecular weight excluding hydrogens is 241 g/mol. The largest absolute Gasteiger partial charge is 0.369 e. The first kappa shape index (κ1) is 12.2. The highest BCUT2D eigenvalue weighted by atomic mass is 35.5. The van der Waals surface area contributed by atoms with E-state index in [9.17, 15) is 4.39 Å². The van der Waals surface area contributed by atoms with Gasteiger partial charge in [-0.25, -0.2) is 9.37 Å². The Morgan fingerprint density at radius 2 is 2.12 bits per heavy atom. The van der Waals surface area contributed by atoms with E-state index in [0.717, 1.165) is 11.9 Å². The summed E-state index contributed by atoms with van der Waals surface area (Å²) < 4.78 is 15.2. The van der Waals surface area contributed by atoms with Gasteiger partial charge < -0.3 is 10.3 Å². The Labute approximate surface area is 104 Å². The molecule has 2 N–H and O–H groups in total. The lowest BCUT2D eigenvalue weighted by Gasteiger charge is -2.26. The van der Waals surface area contributed by atoms with Crippen molar-refractivity contribution in [3.05, 3.63) is 23.0 Å². The minimum Gasteiger partial charge on any atom is -0.369 e. The maximum atomic E-state index is 13.3. The van der Waals surface area contributed by atoms with E-state index in [1.165, 1.54) is 6.07 Å². The molecule has 0 unspecified atom stereocenters. The Hall–Kier alpha value is -1.29. The lowest BCUT2D eigenvalue weighted by Crippen LogP contribution is -2.26. The van der Waals surface area contributed by atoms with Crippen LogP contribution in [0, 0.1) is 5.82 Å². The molecule has 0 radical (unpaired) electrons. The van der Waals surface area contributed by atoms with Gasteiger partial charge in [0.05, 0.1) is 16.1 Å². The number of aromatic nitrogens is 2. The lowest BCUT2D eigenvalue weighted by molar-refractivity contribution is 0.357. The van der Waals surface area contributed by atoms with Crippen LogP contribution in [0.4, 0.5) is 10.3 Å². The van der Waals surface area contributed by atoms with Crippen LogP contribution in [0.15, 0.2) is 12.1 Å². The van der Waals surface area contributed by atoms with E-state index < -0.39 is 5.82 Å². The van der Waals surface area contributed by atoms with Gasteiger partial charge in [0.25, 0.3) is 0 Å². The first-order valence-electron chi connectivity index (χ1n) is 5.50. The van der Waals surface area contributed by atoms with Crippen LogP contribution in [0.2, 0.25) is 5.02 Å². The molecule has 3 nitrogen and oxygen atoms in total. The molecule has 0 saturated heterocycles. The predicted octanol–water partition coefficient (Wildman–Crippen LogP) is 3.56. The Morgan fingerprint density at radius 1 is 1.47 bits per heavy atom. The van der Waals surface area contributed by atoms with Gasteiger partial charge in [0, 0.05) is 11.6 Å². The first-order valence-corrected chi connectivity index (χ1v) is 5.88. The summed E-state index contributed by atoms with van der Waals surface area (Å²) in [4.78, 5) is 4.17. The van der Waals surface area contributed by atoms with Gasteiger partial charge in [0.15, 0.2) is 0 Å². The second kappa shape index (κ2) is 3.88. The van der Waals surface area contributed by atoms with Crippen molar-refractivity contribution in [2.24, 2.45) is 0 Å². The summed E-state index contributed by atoms with van der Waals surface area (Å²) in [6, 6.07) is 2.89. The molecule has 1 aromatic carbocycles. The Bertz CT molecular complexity index is 575. The smallest absolute Gasteiger partial charge is 0.201 e. The normalized spacial score (nSPS) is 12.3. The van der Waals surface area contributed by atoms with Crippen LogP contribution in [0.25, 0.3) is 11.0 Å². The summed E-state index contributed by atoms with van der Waals surface area (Å²) in [7, 11) is 0. The number of benzene rings is 1. The molecule has 0 atom stereocenters. The zero-order valence-electron chi connectivity index (χ0n) is 10.1. The van der Waals surface area contributed by atoms with Gasteiger partial charge >= 0.3 is 0 Å². The summed E-state index contributed by atoms with van der Waals surface area (Å²) in [5, 5.41) is 0.0885. The molecule has 5 heteroatoms.